The van der Waals surface area contributed by atoms with Crippen LogP contribution in [0.1, 0.15) is 18.9 Å². The lowest BCUT2D eigenvalue weighted by Crippen LogP contribution is -2.47. The quantitative estimate of drug-likeness (QED) is 0.805. The smallest absolute Gasteiger partial charge is 0.124 e. The Hall–Kier alpha value is -1.60. The lowest BCUT2D eigenvalue weighted by atomic mass is 9.93. The number of hydrogen-bond donors (Lipinski definition) is 1. The zero-order chi connectivity index (χ0) is 12.4. The molecule has 1 aliphatic heterocycles. The average molecular weight is 233 g/mol. The maximum atomic E-state index is 13.0. The molecule has 4 heteroatoms. The van der Waals surface area contributed by atoms with Crippen molar-refractivity contribution < 1.29 is 4.39 Å². The third-order valence-corrected chi connectivity index (χ3v) is 3.44. The van der Waals surface area contributed by atoms with Gasteiger partial charge in [-0.2, -0.15) is 5.26 Å². The monoisotopic (exact) mass is 233 g/mol. The zero-order valence-electron chi connectivity index (χ0n) is 9.86. The van der Waals surface area contributed by atoms with Crippen molar-refractivity contribution in [2.75, 3.05) is 18.0 Å². The molecule has 2 N–H and O–H groups in total. The Kier molecular flexibility index (Phi) is 3.30. The number of nitrogens with zero attached hydrogens (tertiary/aromatic N) is 2. The van der Waals surface area contributed by atoms with Gasteiger partial charge in [0.15, 0.2) is 0 Å². The van der Waals surface area contributed by atoms with Crippen LogP contribution in [0.5, 0.6) is 0 Å². The van der Waals surface area contributed by atoms with Crippen LogP contribution in [0, 0.1) is 23.1 Å². The van der Waals surface area contributed by atoms with Gasteiger partial charge in [0.2, 0.25) is 0 Å². The van der Waals surface area contributed by atoms with Crippen molar-refractivity contribution in [1.82, 2.24) is 0 Å². The van der Waals surface area contributed by atoms with E-state index in [2.05, 4.69) is 11.8 Å². The molecule has 1 saturated heterocycles. The molecule has 0 radical (unpaired) electrons. The number of benzene rings is 1. The number of hydrogen-bond acceptors (Lipinski definition) is 3. The molecule has 2 atom stereocenters. The van der Waals surface area contributed by atoms with Crippen molar-refractivity contribution in [2.45, 2.75) is 19.4 Å². The Morgan fingerprint density at radius 1 is 1.53 bits per heavy atom. The third-order valence-electron chi connectivity index (χ3n) is 3.44. The lowest BCUT2D eigenvalue weighted by Gasteiger charge is -2.36. The fraction of sp³-hybridized carbons (Fsp3) is 0.462. The van der Waals surface area contributed by atoms with Crippen LogP contribution in [-0.4, -0.2) is 19.1 Å². The number of nitrogens with two attached hydrogens (primary N) is 1. The van der Waals surface area contributed by atoms with Crippen molar-refractivity contribution in [3.05, 3.63) is 29.6 Å². The molecule has 0 bridgehead atoms. The lowest BCUT2D eigenvalue weighted by molar-refractivity contribution is 0.379. The van der Waals surface area contributed by atoms with Crippen LogP contribution in [0.15, 0.2) is 18.2 Å². The van der Waals surface area contributed by atoms with Crippen LogP contribution in [0.3, 0.4) is 0 Å². The summed E-state index contributed by atoms with van der Waals surface area (Å²) in [5.74, 6) is 0.122. The SMILES string of the molecule is CC1CCN(c2ccc(F)cc2C#N)CC1N. The minimum atomic E-state index is -0.375. The first kappa shape index (κ1) is 11.9. The van der Waals surface area contributed by atoms with Crippen molar-refractivity contribution in [3.8, 4) is 6.07 Å². The van der Waals surface area contributed by atoms with Gasteiger partial charge in [-0.05, 0) is 30.5 Å². The molecule has 0 aliphatic carbocycles. The molecule has 90 valence electrons. The van der Waals surface area contributed by atoms with E-state index in [0.29, 0.717) is 11.5 Å². The Bertz CT molecular complexity index is 452. The summed E-state index contributed by atoms with van der Waals surface area (Å²) in [7, 11) is 0. The van der Waals surface area contributed by atoms with E-state index < -0.39 is 0 Å². The summed E-state index contributed by atoms with van der Waals surface area (Å²) in [5, 5.41) is 9.02. The Morgan fingerprint density at radius 2 is 2.29 bits per heavy atom. The second kappa shape index (κ2) is 4.72. The van der Waals surface area contributed by atoms with E-state index >= 15 is 0 Å². The standard InChI is InChI=1S/C13H16FN3/c1-9-4-5-17(8-12(9)16)13-3-2-11(14)6-10(13)7-15/h2-3,6,9,12H,4-5,8,16H2,1H3. The fourth-order valence-corrected chi connectivity index (χ4v) is 2.19. The molecule has 1 fully saturated rings. The van der Waals surface area contributed by atoms with Gasteiger partial charge in [0, 0.05) is 19.1 Å². The number of rotatable bonds is 1. The number of piperidine rings is 1. The van der Waals surface area contributed by atoms with Gasteiger partial charge in [-0.25, -0.2) is 4.39 Å². The summed E-state index contributed by atoms with van der Waals surface area (Å²) < 4.78 is 13.0. The van der Waals surface area contributed by atoms with E-state index in [9.17, 15) is 4.39 Å². The van der Waals surface area contributed by atoms with Gasteiger partial charge in [-0.1, -0.05) is 6.92 Å². The second-order valence-corrected chi connectivity index (χ2v) is 4.65. The maximum Gasteiger partial charge on any atom is 0.124 e. The van der Waals surface area contributed by atoms with E-state index in [1.165, 1.54) is 12.1 Å². The summed E-state index contributed by atoms with van der Waals surface area (Å²) in [6.07, 6.45) is 1.00. The van der Waals surface area contributed by atoms with Gasteiger partial charge in [-0.3, -0.25) is 0 Å². The predicted molar refractivity (Wildman–Crippen MR) is 65.1 cm³/mol. The molecule has 2 unspecified atom stereocenters. The molecule has 0 aromatic heterocycles. The summed E-state index contributed by atoms with van der Waals surface area (Å²) in [4.78, 5) is 2.07. The van der Waals surface area contributed by atoms with Crippen molar-refractivity contribution in [2.24, 2.45) is 11.7 Å². The Labute approximate surface area is 101 Å². The summed E-state index contributed by atoms with van der Waals surface area (Å²) in [6.45, 7) is 3.73. The molecule has 1 aromatic rings. The highest BCUT2D eigenvalue weighted by molar-refractivity contribution is 5.59. The van der Waals surface area contributed by atoms with E-state index in [1.807, 2.05) is 6.07 Å². The van der Waals surface area contributed by atoms with E-state index in [-0.39, 0.29) is 11.9 Å². The van der Waals surface area contributed by atoms with Crippen LogP contribution in [0.4, 0.5) is 10.1 Å². The topological polar surface area (TPSA) is 53.0 Å². The highest BCUT2D eigenvalue weighted by Crippen LogP contribution is 2.26. The summed E-state index contributed by atoms with van der Waals surface area (Å²) >= 11 is 0. The number of nitriles is 1. The number of anilines is 1. The first-order valence-corrected chi connectivity index (χ1v) is 5.82. The molecule has 2 rings (SSSR count). The maximum absolute atomic E-state index is 13.0. The molecular formula is C13H16FN3. The van der Waals surface area contributed by atoms with E-state index in [0.717, 1.165) is 25.2 Å². The highest BCUT2D eigenvalue weighted by atomic mass is 19.1. The molecule has 0 saturated carbocycles. The highest BCUT2D eigenvalue weighted by Gasteiger charge is 2.24. The first-order chi connectivity index (χ1) is 8.11. The van der Waals surface area contributed by atoms with Gasteiger partial charge in [0.1, 0.15) is 11.9 Å². The van der Waals surface area contributed by atoms with Crippen LogP contribution >= 0.6 is 0 Å². The van der Waals surface area contributed by atoms with E-state index in [4.69, 9.17) is 11.0 Å². The second-order valence-electron chi connectivity index (χ2n) is 4.65. The van der Waals surface area contributed by atoms with Gasteiger partial charge >= 0.3 is 0 Å². The summed E-state index contributed by atoms with van der Waals surface area (Å²) in [5.41, 5.74) is 7.20. The van der Waals surface area contributed by atoms with Gasteiger partial charge in [-0.15, -0.1) is 0 Å². The summed E-state index contributed by atoms with van der Waals surface area (Å²) in [6, 6.07) is 6.48. The minimum absolute atomic E-state index is 0.111. The van der Waals surface area contributed by atoms with Crippen molar-refractivity contribution in [1.29, 1.82) is 5.26 Å². The largest absolute Gasteiger partial charge is 0.369 e. The van der Waals surface area contributed by atoms with Gasteiger partial charge < -0.3 is 10.6 Å². The molecule has 17 heavy (non-hydrogen) atoms. The first-order valence-electron chi connectivity index (χ1n) is 5.82. The van der Waals surface area contributed by atoms with Crippen LogP contribution in [0.25, 0.3) is 0 Å². The molecular weight excluding hydrogens is 217 g/mol. The van der Waals surface area contributed by atoms with Crippen molar-refractivity contribution in [3.63, 3.8) is 0 Å². The molecule has 1 aliphatic rings. The molecule has 0 amide bonds. The third kappa shape index (κ3) is 2.40. The molecule has 1 aromatic carbocycles. The molecule has 1 heterocycles. The number of halogens is 1. The van der Waals surface area contributed by atoms with E-state index in [1.54, 1.807) is 6.07 Å². The normalized spacial score (nSPS) is 24.5. The minimum Gasteiger partial charge on any atom is -0.369 e. The van der Waals surface area contributed by atoms with Crippen LogP contribution in [-0.2, 0) is 0 Å². The zero-order valence-corrected chi connectivity index (χ0v) is 9.86. The van der Waals surface area contributed by atoms with Gasteiger partial charge in [0.25, 0.3) is 0 Å². The van der Waals surface area contributed by atoms with Gasteiger partial charge in [0.05, 0.1) is 11.3 Å². The van der Waals surface area contributed by atoms with Crippen LogP contribution < -0.4 is 10.6 Å². The predicted octanol–water partition coefficient (Wildman–Crippen LogP) is 1.87. The molecule has 3 nitrogen and oxygen atoms in total. The fourth-order valence-electron chi connectivity index (χ4n) is 2.19. The van der Waals surface area contributed by atoms with Crippen LogP contribution in [0.2, 0.25) is 0 Å². The Morgan fingerprint density at radius 3 is 2.94 bits per heavy atom. The average Bonchev–Trinajstić information content (AvgIpc) is 2.32. The van der Waals surface area contributed by atoms with Crippen molar-refractivity contribution >= 4 is 5.69 Å². The Balaban J connectivity index is 2.26. The molecule has 0 spiro atoms.